The number of carbonyl (C=O) groups excluding carboxylic acids is 2. The summed E-state index contributed by atoms with van der Waals surface area (Å²) in [6.07, 6.45) is -2.08. The van der Waals surface area contributed by atoms with Gasteiger partial charge < -0.3 is 14.9 Å². The number of hydrogen-bond acceptors (Lipinski definition) is 5. The first-order valence-corrected chi connectivity index (χ1v) is 3.96. The van der Waals surface area contributed by atoms with Crippen LogP contribution in [0.1, 0.15) is 19.8 Å². The summed E-state index contributed by atoms with van der Waals surface area (Å²) in [5.41, 5.74) is 0. The van der Waals surface area contributed by atoms with Crippen LogP contribution in [0, 0.1) is 0 Å². The predicted octanol–water partition coefficient (Wildman–Crippen LogP) is -0.656. The molecule has 0 saturated heterocycles. The van der Waals surface area contributed by atoms with Crippen LogP contribution in [-0.2, 0) is 19.1 Å². The van der Waals surface area contributed by atoms with Gasteiger partial charge in [0.15, 0.2) is 0 Å². The smallest absolute Gasteiger partial charge is 0.310 e. The van der Waals surface area contributed by atoms with Gasteiger partial charge in [-0.2, -0.15) is 0 Å². The fourth-order valence-corrected chi connectivity index (χ4v) is 0.776. The predicted molar refractivity (Wildman–Crippen MR) is 44.5 cm³/mol. The minimum absolute atomic E-state index is 0.291. The molecule has 0 amide bonds. The van der Waals surface area contributed by atoms with E-state index in [1.165, 1.54) is 6.92 Å². The minimum atomic E-state index is -1.24. The Labute approximate surface area is 80.5 Å². The summed E-state index contributed by atoms with van der Waals surface area (Å²) in [5, 5.41) is 17.3. The number of esters is 1. The van der Waals surface area contributed by atoms with Crippen molar-refractivity contribution in [2.45, 2.75) is 25.9 Å². The highest BCUT2D eigenvalue weighted by molar-refractivity contribution is 5.94. The number of carboxylic acids is 1. The molecule has 0 fully saturated rings. The molecule has 0 aliphatic rings. The van der Waals surface area contributed by atoms with E-state index in [9.17, 15) is 14.4 Å². The van der Waals surface area contributed by atoms with Crippen LogP contribution in [-0.4, -0.2) is 40.6 Å². The summed E-state index contributed by atoms with van der Waals surface area (Å²) in [6.45, 7) is 0.881. The summed E-state index contributed by atoms with van der Waals surface area (Å²) >= 11 is 0. The van der Waals surface area contributed by atoms with Crippen molar-refractivity contribution in [2.75, 3.05) is 6.61 Å². The molecule has 0 heterocycles. The second-order valence-electron chi connectivity index (χ2n) is 2.77. The van der Waals surface area contributed by atoms with E-state index in [0.717, 1.165) is 0 Å². The van der Waals surface area contributed by atoms with Crippen molar-refractivity contribution in [1.82, 2.24) is 0 Å². The van der Waals surface area contributed by atoms with Gasteiger partial charge in [0.05, 0.1) is 6.10 Å². The number of carbonyl (C=O) groups is 3. The molecule has 6 heteroatoms. The van der Waals surface area contributed by atoms with Gasteiger partial charge >= 0.3 is 11.9 Å². The van der Waals surface area contributed by atoms with E-state index in [1.54, 1.807) is 0 Å². The molecular weight excluding hydrogens is 192 g/mol. The molecule has 0 bridgehead atoms. The molecule has 14 heavy (non-hydrogen) atoms. The van der Waals surface area contributed by atoms with Crippen molar-refractivity contribution in [2.24, 2.45) is 0 Å². The van der Waals surface area contributed by atoms with E-state index in [4.69, 9.17) is 10.2 Å². The van der Waals surface area contributed by atoms with E-state index in [2.05, 4.69) is 4.74 Å². The summed E-state index contributed by atoms with van der Waals surface area (Å²) in [7, 11) is 0. The van der Waals surface area contributed by atoms with Crippen molar-refractivity contribution >= 4 is 17.7 Å². The van der Waals surface area contributed by atoms with E-state index >= 15 is 0 Å². The number of aliphatic carboxylic acids is 1. The van der Waals surface area contributed by atoms with E-state index < -0.39 is 30.2 Å². The maximum Gasteiger partial charge on any atom is 0.310 e. The molecular formula is C8H12O6. The standard InChI is InChI=1S/C8H12O6/c1-5(9)14-4-7(11)2-6(10)3-8(12)13/h7,11H,2-4H2,1H3,(H,12,13)/t7-/m0/s1. The number of rotatable bonds is 6. The summed E-state index contributed by atoms with van der Waals surface area (Å²) in [6, 6.07) is 0. The lowest BCUT2D eigenvalue weighted by atomic mass is 10.1. The van der Waals surface area contributed by atoms with Gasteiger partial charge in [0.2, 0.25) is 0 Å². The summed E-state index contributed by atoms with van der Waals surface area (Å²) < 4.78 is 4.42. The highest BCUT2D eigenvalue weighted by Crippen LogP contribution is 1.98. The summed E-state index contributed by atoms with van der Waals surface area (Å²) in [5.74, 6) is -2.40. The Kier molecular flexibility index (Phi) is 5.47. The Balaban J connectivity index is 3.71. The molecule has 0 aromatic heterocycles. The third kappa shape index (κ3) is 7.23. The summed E-state index contributed by atoms with van der Waals surface area (Å²) in [4.78, 5) is 31.2. The largest absolute Gasteiger partial charge is 0.481 e. The Morgan fingerprint density at radius 2 is 1.93 bits per heavy atom. The van der Waals surface area contributed by atoms with Gasteiger partial charge in [0.1, 0.15) is 18.8 Å². The van der Waals surface area contributed by atoms with Gasteiger partial charge in [0.25, 0.3) is 0 Å². The lowest BCUT2D eigenvalue weighted by Crippen LogP contribution is -2.22. The van der Waals surface area contributed by atoms with Crippen LogP contribution in [0.25, 0.3) is 0 Å². The fraction of sp³-hybridized carbons (Fsp3) is 0.625. The van der Waals surface area contributed by atoms with Gasteiger partial charge in [-0.15, -0.1) is 0 Å². The topological polar surface area (TPSA) is 101 Å². The minimum Gasteiger partial charge on any atom is -0.481 e. The maximum atomic E-state index is 10.8. The SMILES string of the molecule is CC(=O)OC[C@@H](O)CC(=O)CC(=O)O. The molecule has 80 valence electrons. The molecule has 0 saturated carbocycles. The Morgan fingerprint density at radius 3 is 2.36 bits per heavy atom. The van der Waals surface area contributed by atoms with Crippen molar-refractivity contribution in [3.63, 3.8) is 0 Å². The first-order valence-electron chi connectivity index (χ1n) is 3.96. The lowest BCUT2D eigenvalue weighted by molar-refractivity contribution is -0.146. The Morgan fingerprint density at radius 1 is 1.36 bits per heavy atom. The molecule has 1 atom stereocenters. The second kappa shape index (κ2) is 6.09. The number of aliphatic hydroxyl groups is 1. The lowest BCUT2D eigenvalue weighted by Gasteiger charge is -2.08. The van der Waals surface area contributed by atoms with Gasteiger partial charge in [-0.3, -0.25) is 14.4 Å². The van der Waals surface area contributed by atoms with Crippen LogP contribution < -0.4 is 0 Å². The highest BCUT2D eigenvalue weighted by atomic mass is 16.5. The van der Waals surface area contributed by atoms with E-state index in [1.807, 2.05) is 0 Å². The van der Waals surface area contributed by atoms with Gasteiger partial charge in [0, 0.05) is 13.3 Å². The maximum absolute atomic E-state index is 10.8. The first kappa shape index (κ1) is 12.6. The normalized spacial score (nSPS) is 11.9. The van der Waals surface area contributed by atoms with E-state index in [0.29, 0.717) is 0 Å². The van der Waals surface area contributed by atoms with Crippen LogP contribution in [0.3, 0.4) is 0 Å². The van der Waals surface area contributed by atoms with E-state index in [-0.39, 0.29) is 13.0 Å². The van der Waals surface area contributed by atoms with Gasteiger partial charge in [-0.05, 0) is 0 Å². The van der Waals surface area contributed by atoms with Gasteiger partial charge in [-0.25, -0.2) is 0 Å². The molecule has 6 nitrogen and oxygen atoms in total. The highest BCUT2D eigenvalue weighted by Gasteiger charge is 2.14. The van der Waals surface area contributed by atoms with Crippen LogP contribution in [0.4, 0.5) is 0 Å². The number of Topliss-reactive ketones (excluding diaryl/α,β-unsaturated/α-hetero) is 1. The third-order valence-electron chi connectivity index (χ3n) is 1.29. The average molecular weight is 204 g/mol. The second-order valence-corrected chi connectivity index (χ2v) is 2.77. The molecule has 0 unspecified atom stereocenters. The number of ketones is 1. The number of hydrogen-bond donors (Lipinski definition) is 2. The van der Waals surface area contributed by atoms with Crippen molar-refractivity contribution in [3.05, 3.63) is 0 Å². The fourth-order valence-electron chi connectivity index (χ4n) is 0.776. The average Bonchev–Trinajstić information content (AvgIpc) is 1.98. The molecule has 0 aromatic rings. The van der Waals surface area contributed by atoms with Crippen molar-refractivity contribution in [3.8, 4) is 0 Å². The zero-order chi connectivity index (χ0) is 11.1. The zero-order valence-corrected chi connectivity index (χ0v) is 7.73. The third-order valence-corrected chi connectivity index (χ3v) is 1.29. The van der Waals surface area contributed by atoms with Crippen molar-refractivity contribution < 1.29 is 29.3 Å². The molecule has 0 rings (SSSR count). The molecule has 0 spiro atoms. The van der Waals surface area contributed by atoms with Crippen LogP contribution >= 0.6 is 0 Å². The molecule has 0 radical (unpaired) electrons. The Bertz CT molecular complexity index is 234. The number of aliphatic hydroxyl groups excluding tert-OH is 1. The quantitative estimate of drug-likeness (QED) is 0.440. The van der Waals surface area contributed by atoms with Crippen molar-refractivity contribution in [1.29, 1.82) is 0 Å². The molecule has 0 aliphatic heterocycles. The monoisotopic (exact) mass is 204 g/mol. The van der Waals surface area contributed by atoms with Crippen LogP contribution in [0.5, 0.6) is 0 Å². The Hall–Kier alpha value is -1.43. The number of carboxylic acid groups (broad SMARTS) is 1. The first-order chi connectivity index (χ1) is 6.41. The molecule has 0 aromatic carbocycles. The molecule has 2 N–H and O–H groups in total. The molecule has 0 aliphatic carbocycles. The van der Waals surface area contributed by atoms with Gasteiger partial charge in [-0.1, -0.05) is 0 Å². The van der Waals surface area contributed by atoms with Crippen LogP contribution in [0.2, 0.25) is 0 Å². The number of ether oxygens (including phenoxy) is 1. The zero-order valence-electron chi connectivity index (χ0n) is 7.73. The van der Waals surface area contributed by atoms with Crippen LogP contribution in [0.15, 0.2) is 0 Å².